The van der Waals surface area contributed by atoms with E-state index in [0.29, 0.717) is 0 Å². The molecule has 0 heterocycles. The summed E-state index contributed by atoms with van der Waals surface area (Å²) in [5, 5.41) is 22.5. The van der Waals surface area contributed by atoms with Crippen LogP contribution in [0.5, 0.6) is 5.75 Å². The molecule has 136 valence electrons. The summed E-state index contributed by atoms with van der Waals surface area (Å²) in [7, 11) is 0. The van der Waals surface area contributed by atoms with Gasteiger partial charge in [-0.1, -0.05) is 30.3 Å². The first kappa shape index (κ1) is 17.9. The molecule has 3 aromatic rings. The number of carbonyl (C=O) groups excluding carboxylic acids is 2. The zero-order chi connectivity index (χ0) is 19.6. The van der Waals surface area contributed by atoms with Crippen molar-refractivity contribution in [3.8, 4) is 5.75 Å². The Labute approximate surface area is 153 Å². The number of nitro groups is 1. The van der Waals surface area contributed by atoms with E-state index < -0.39 is 16.7 Å². The quantitative estimate of drug-likeness (QED) is 0.487. The maximum absolute atomic E-state index is 12.3. The number of aromatic hydroxyl groups is 1. The largest absolute Gasteiger partial charge is 0.507 e. The van der Waals surface area contributed by atoms with Crippen molar-refractivity contribution in [2.45, 2.75) is 6.92 Å². The SMILES string of the molecule is Cc1c(C(=O)NNC(=O)c2cc3ccccc3cc2O)cccc1[N+](=O)[O-]. The van der Waals surface area contributed by atoms with E-state index in [1.807, 2.05) is 6.07 Å². The molecule has 3 aromatic carbocycles. The number of rotatable bonds is 3. The number of fused-ring (bicyclic) bond motifs is 1. The second-order valence-corrected chi connectivity index (χ2v) is 5.83. The summed E-state index contributed by atoms with van der Waals surface area (Å²) in [6, 6.07) is 14.2. The van der Waals surface area contributed by atoms with Crippen LogP contribution in [0.15, 0.2) is 54.6 Å². The predicted molar refractivity (Wildman–Crippen MR) is 98.4 cm³/mol. The molecule has 0 spiro atoms. The van der Waals surface area contributed by atoms with Crippen molar-refractivity contribution in [1.29, 1.82) is 0 Å². The van der Waals surface area contributed by atoms with Gasteiger partial charge in [0.1, 0.15) is 5.75 Å². The maximum Gasteiger partial charge on any atom is 0.273 e. The van der Waals surface area contributed by atoms with E-state index in [0.717, 1.165) is 10.8 Å². The number of nitro benzene ring substituents is 1. The molecule has 3 N–H and O–H groups in total. The number of phenols is 1. The molecule has 3 rings (SSSR count). The Kier molecular flexibility index (Phi) is 4.71. The number of nitrogens with one attached hydrogen (secondary N) is 2. The van der Waals surface area contributed by atoms with Crippen molar-refractivity contribution >= 4 is 28.3 Å². The summed E-state index contributed by atoms with van der Waals surface area (Å²) >= 11 is 0. The molecule has 0 unspecified atom stereocenters. The van der Waals surface area contributed by atoms with E-state index in [9.17, 15) is 24.8 Å². The zero-order valence-corrected chi connectivity index (χ0v) is 14.2. The molecule has 0 radical (unpaired) electrons. The molecule has 0 aliphatic rings. The number of amides is 2. The van der Waals surface area contributed by atoms with Crippen molar-refractivity contribution in [3.63, 3.8) is 0 Å². The van der Waals surface area contributed by atoms with Gasteiger partial charge in [-0.3, -0.25) is 30.6 Å². The monoisotopic (exact) mass is 365 g/mol. The minimum Gasteiger partial charge on any atom is -0.507 e. The van der Waals surface area contributed by atoms with E-state index in [2.05, 4.69) is 10.9 Å². The van der Waals surface area contributed by atoms with Crippen LogP contribution in [0.2, 0.25) is 0 Å². The second kappa shape index (κ2) is 7.12. The Hall–Kier alpha value is -3.94. The van der Waals surface area contributed by atoms with Gasteiger partial charge in [0.15, 0.2) is 0 Å². The third kappa shape index (κ3) is 3.54. The van der Waals surface area contributed by atoms with Gasteiger partial charge in [0.05, 0.1) is 16.1 Å². The number of benzene rings is 3. The number of hydrogen-bond donors (Lipinski definition) is 3. The van der Waals surface area contributed by atoms with E-state index in [1.165, 1.54) is 37.3 Å². The van der Waals surface area contributed by atoms with Crippen molar-refractivity contribution in [1.82, 2.24) is 10.9 Å². The van der Waals surface area contributed by atoms with Crippen LogP contribution in [0.3, 0.4) is 0 Å². The van der Waals surface area contributed by atoms with Crippen LogP contribution in [-0.2, 0) is 0 Å². The molecule has 0 aromatic heterocycles. The number of phenolic OH excluding ortho intramolecular Hbond substituents is 1. The van der Waals surface area contributed by atoms with Gasteiger partial charge in [0, 0.05) is 11.6 Å². The first-order chi connectivity index (χ1) is 12.9. The molecule has 0 aliphatic carbocycles. The van der Waals surface area contributed by atoms with Gasteiger partial charge >= 0.3 is 0 Å². The summed E-state index contributed by atoms with van der Waals surface area (Å²) in [5.74, 6) is -1.65. The summed E-state index contributed by atoms with van der Waals surface area (Å²) in [6.45, 7) is 1.45. The van der Waals surface area contributed by atoms with Gasteiger partial charge in [-0.05, 0) is 35.9 Å². The standard InChI is InChI=1S/C19H15N3O5/c1-11-14(7-4-8-16(11)22(26)27)18(24)20-21-19(25)15-9-12-5-2-3-6-13(12)10-17(15)23/h2-10,23H,1H3,(H,20,24)(H,21,25). The van der Waals surface area contributed by atoms with E-state index in [-0.39, 0.29) is 28.1 Å². The minimum atomic E-state index is -0.713. The first-order valence-corrected chi connectivity index (χ1v) is 7.95. The van der Waals surface area contributed by atoms with Crippen LogP contribution in [0, 0.1) is 17.0 Å². The molecule has 0 aliphatic heterocycles. The van der Waals surface area contributed by atoms with Gasteiger partial charge in [-0.25, -0.2) is 0 Å². The Bertz CT molecular complexity index is 1080. The smallest absolute Gasteiger partial charge is 0.273 e. The Balaban J connectivity index is 1.78. The number of carbonyl (C=O) groups is 2. The molecule has 8 heteroatoms. The van der Waals surface area contributed by atoms with E-state index >= 15 is 0 Å². The van der Waals surface area contributed by atoms with Gasteiger partial charge in [-0.15, -0.1) is 0 Å². The highest BCUT2D eigenvalue weighted by molar-refractivity contribution is 6.03. The van der Waals surface area contributed by atoms with Crippen LogP contribution in [0.1, 0.15) is 26.3 Å². The van der Waals surface area contributed by atoms with Gasteiger partial charge in [0.25, 0.3) is 17.5 Å². The van der Waals surface area contributed by atoms with Crippen molar-refractivity contribution in [2.24, 2.45) is 0 Å². The topological polar surface area (TPSA) is 122 Å². The molecule has 8 nitrogen and oxygen atoms in total. The van der Waals surface area contributed by atoms with E-state index in [4.69, 9.17) is 0 Å². The van der Waals surface area contributed by atoms with Crippen molar-refractivity contribution in [3.05, 3.63) is 81.4 Å². The maximum atomic E-state index is 12.3. The van der Waals surface area contributed by atoms with Crippen LogP contribution in [-0.4, -0.2) is 21.8 Å². The summed E-state index contributed by atoms with van der Waals surface area (Å²) in [6.07, 6.45) is 0. The Morgan fingerprint density at radius 2 is 1.52 bits per heavy atom. The highest BCUT2D eigenvalue weighted by Gasteiger charge is 2.19. The molecule has 0 bridgehead atoms. The Morgan fingerprint density at radius 1 is 0.926 bits per heavy atom. The molecule has 0 saturated heterocycles. The first-order valence-electron chi connectivity index (χ1n) is 7.95. The summed E-state index contributed by atoms with van der Waals surface area (Å²) in [5.41, 5.74) is 4.46. The zero-order valence-electron chi connectivity index (χ0n) is 14.2. The molecule has 0 atom stereocenters. The lowest BCUT2D eigenvalue weighted by Crippen LogP contribution is -2.41. The van der Waals surface area contributed by atoms with Crippen LogP contribution in [0.25, 0.3) is 10.8 Å². The Morgan fingerprint density at radius 3 is 2.15 bits per heavy atom. The fourth-order valence-electron chi connectivity index (χ4n) is 2.73. The number of hydrazine groups is 1. The van der Waals surface area contributed by atoms with Crippen LogP contribution in [0.4, 0.5) is 5.69 Å². The predicted octanol–water partition coefficient (Wildman–Crippen LogP) is 2.84. The normalized spacial score (nSPS) is 10.4. The third-order valence-electron chi connectivity index (χ3n) is 4.14. The average Bonchev–Trinajstić information content (AvgIpc) is 2.65. The number of nitrogens with zero attached hydrogens (tertiary/aromatic N) is 1. The third-order valence-corrected chi connectivity index (χ3v) is 4.14. The second-order valence-electron chi connectivity index (χ2n) is 5.83. The lowest BCUT2D eigenvalue weighted by atomic mass is 10.1. The molecule has 27 heavy (non-hydrogen) atoms. The van der Waals surface area contributed by atoms with Crippen molar-refractivity contribution < 1.29 is 19.6 Å². The fourth-order valence-corrected chi connectivity index (χ4v) is 2.73. The number of hydrogen-bond acceptors (Lipinski definition) is 5. The van der Waals surface area contributed by atoms with E-state index in [1.54, 1.807) is 18.2 Å². The van der Waals surface area contributed by atoms with Gasteiger partial charge < -0.3 is 5.11 Å². The molecular weight excluding hydrogens is 350 g/mol. The molecular formula is C19H15N3O5. The van der Waals surface area contributed by atoms with Gasteiger partial charge in [-0.2, -0.15) is 0 Å². The van der Waals surface area contributed by atoms with Crippen LogP contribution >= 0.6 is 0 Å². The van der Waals surface area contributed by atoms with Crippen LogP contribution < -0.4 is 10.9 Å². The fraction of sp³-hybridized carbons (Fsp3) is 0.0526. The highest BCUT2D eigenvalue weighted by Crippen LogP contribution is 2.25. The summed E-state index contributed by atoms with van der Waals surface area (Å²) < 4.78 is 0. The van der Waals surface area contributed by atoms with Crippen molar-refractivity contribution in [2.75, 3.05) is 0 Å². The summed E-state index contributed by atoms with van der Waals surface area (Å²) in [4.78, 5) is 35.0. The van der Waals surface area contributed by atoms with Gasteiger partial charge in [0.2, 0.25) is 0 Å². The minimum absolute atomic E-state index is 0.00948. The molecule has 2 amide bonds. The molecule has 0 saturated carbocycles. The highest BCUT2D eigenvalue weighted by atomic mass is 16.6. The lowest BCUT2D eigenvalue weighted by Gasteiger charge is -2.11. The molecule has 0 fully saturated rings. The lowest BCUT2D eigenvalue weighted by molar-refractivity contribution is -0.385. The average molecular weight is 365 g/mol.